The molecule has 0 amide bonds. The Kier molecular flexibility index (Phi) is 8.55. The Hall–Kier alpha value is -0.930. The van der Waals surface area contributed by atoms with Crippen molar-refractivity contribution in [1.82, 2.24) is 5.32 Å². The number of rotatable bonds is 10. The molecule has 21 heavy (non-hydrogen) atoms. The first-order valence-electron chi connectivity index (χ1n) is 8.17. The predicted molar refractivity (Wildman–Crippen MR) is 86.9 cm³/mol. The maximum atomic E-state index is 13.1. The number of hydrogen-bond acceptors (Lipinski definition) is 2. The molecule has 3 heteroatoms. The molecule has 2 atom stereocenters. The molecule has 0 aliphatic heterocycles. The normalized spacial score (nSPS) is 14.4. The molecule has 1 aromatic carbocycles. The second kappa shape index (κ2) is 9.91. The standard InChI is InChI=1S/C18H30FNO/c1-5-7-8-17(15-9-11-16(19)12-10-15)20-18(14(3)4)13-21-6-2/h9-12,14,17-18,20H,5-8,13H2,1-4H3. The Morgan fingerprint density at radius 3 is 2.33 bits per heavy atom. The first-order valence-corrected chi connectivity index (χ1v) is 8.17. The molecule has 0 radical (unpaired) electrons. The van der Waals surface area contributed by atoms with Gasteiger partial charge in [0.05, 0.1) is 6.61 Å². The Balaban J connectivity index is 2.77. The number of halogens is 1. The van der Waals surface area contributed by atoms with E-state index in [-0.39, 0.29) is 11.9 Å². The summed E-state index contributed by atoms with van der Waals surface area (Å²) in [4.78, 5) is 0. The van der Waals surface area contributed by atoms with Crippen LogP contribution in [-0.4, -0.2) is 19.3 Å². The minimum atomic E-state index is -0.178. The lowest BCUT2D eigenvalue weighted by molar-refractivity contribution is 0.102. The number of nitrogens with one attached hydrogen (secondary N) is 1. The second-order valence-corrected chi connectivity index (χ2v) is 5.92. The fourth-order valence-electron chi connectivity index (χ4n) is 2.39. The van der Waals surface area contributed by atoms with Crippen LogP contribution in [0.5, 0.6) is 0 Å². The van der Waals surface area contributed by atoms with Crippen molar-refractivity contribution < 1.29 is 9.13 Å². The number of ether oxygens (including phenoxy) is 1. The van der Waals surface area contributed by atoms with Crippen LogP contribution >= 0.6 is 0 Å². The van der Waals surface area contributed by atoms with Crippen LogP contribution in [0.3, 0.4) is 0 Å². The topological polar surface area (TPSA) is 21.3 Å². The van der Waals surface area contributed by atoms with Gasteiger partial charge in [0.2, 0.25) is 0 Å². The summed E-state index contributed by atoms with van der Waals surface area (Å²) in [6.45, 7) is 10.1. The van der Waals surface area contributed by atoms with Gasteiger partial charge in [-0.15, -0.1) is 0 Å². The lowest BCUT2D eigenvalue weighted by atomic mass is 9.97. The highest BCUT2D eigenvalue weighted by Crippen LogP contribution is 2.22. The molecule has 1 aromatic rings. The van der Waals surface area contributed by atoms with Crippen LogP contribution in [0.4, 0.5) is 4.39 Å². The molecule has 1 N–H and O–H groups in total. The quantitative estimate of drug-likeness (QED) is 0.675. The molecule has 0 aromatic heterocycles. The van der Waals surface area contributed by atoms with E-state index in [1.54, 1.807) is 12.1 Å². The van der Waals surface area contributed by atoms with Crippen LogP contribution in [0.25, 0.3) is 0 Å². The summed E-state index contributed by atoms with van der Waals surface area (Å²) in [5.41, 5.74) is 1.16. The molecule has 1 rings (SSSR count). The molecular formula is C18H30FNO. The SMILES string of the molecule is CCCCC(NC(COCC)C(C)C)c1ccc(F)cc1. The van der Waals surface area contributed by atoms with Crippen molar-refractivity contribution in [3.05, 3.63) is 35.6 Å². The molecule has 0 heterocycles. The van der Waals surface area contributed by atoms with Gasteiger partial charge in [-0.2, -0.15) is 0 Å². The highest BCUT2D eigenvalue weighted by atomic mass is 19.1. The summed E-state index contributed by atoms with van der Waals surface area (Å²) in [7, 11) is 0. The number of unbranched alkanes of at least 4 members (excludes halogenated alkanes) is 1. The van der Waals surface area contributed by atoms with E-state index in [0.29, 0.717) is 12.0 Å². The van der Waals surface area contributed by atoms with Crippen LogP contribution in [0.1, 0.15) is 58.6 Å². The maximum absolute atomic E-state index is 13.1. The van der Waals surface area contributed by atoms with Crippen molar-refractivity contribution >= 4 is 0 Å². The van der Waals surface area contributed by atoms with E-state index in [4.69, 9.17) is 4.74 Å². The van der Waals surface area contributed by atoms with Gasteiger partial charge in [0.25, 0.3) is 0 Å². The van der Waals surface area contributed by atoms with Gasteiger partial charge in [0.15, 0.2) is 0 Å². The summed E-state index contributed by atoms with van der Waals surface area (Å²) in [6.07, 6.45) is 3.39. The molecule has 0 bridgehead atoms. The second-order valence-electron chi connectivity index (χ2n) is 5.92. The van der Waals surface area contributed by atoms with E-state index in [9.17, 15) is 4.39 Å². The zero-order valence-corrected chi connectivity index (χ0v) is 13.9. The summed E-state index contributed by atoms with van der Waals surface area (Å²) >= 11 is 0. The van der Waals surface area contributed by atoms with Crippen molar-refractivity contribution in [2.45, 2.75) is 59.0 Å². The molecule has 0 aliphatic carbocycles. The van der Waals surface area contributed by atoms with Crippen LogP contribution < -0.4 is 5.32 Å². The zero-order chi connectivity index (χ0) is 15.7. The number of hydrogen-bond donors (Lipinski definition) is 1. The number of benzene rings is 1. The summed E-state index contributed by atoms with van der Waals surface area (Å²) in [5.74, 6) is 0.323. The van der Waals surface area contributed by atoms with Crippen LogP contribution in [0, 0.1) is 11.7 Å². The lowest BCUT2D eigenvalue weighted by Gasteiger charge is -2.29. The Bertz CT molecular complexity index is 377. The molecule has 120 valence electrons. The fourth-order valence-corrected chi connectivity index (χ4v) is 2.39. The van der Waals surface area contributed by atoms with E-state index in [0.717, 1.165) is 38.0 Å². The van der Waals surface area contributed by atoms with Gasteiger partial charge in [-0.1, -0.05) is 45.7 Å². The van der Waals surface area contributed by atoms with Crippen LogP contribution in [-0.2, 0) is 4.74 Å². The van der Waals surface area contributed by atoms with Gasteiger partial charge < -0.3 is 10.1 Å². The molecule has 2 nitrogen and oxygen atoms in total. The highest BCUT2D eigenvalue weighted by molar-refractivity contribution is 5.20. The summed E-state index contributed by atoms with van der Waals surface area (Å²) in [6, 6.07) is 7.45. The monoisotopic (exact) mass is 295 g/mol. The third-order valence-electron chi connectivity index (χ3n) is 3.84. The van der Waals surface area contributed by atoms with Gasteiger partial charge in [-0.3, -0.25) is 0 Å². The molecule has 0 saturated carbocycles. The Morgan fingerprint density at radius 2 is 1.81 bits per heavy atom. The van der Waals surface area contributed by atoms with Crippen molar-refractivity contribution in [1.29, 1.82) is 0 Å². The molecule has 0 spiro atoms. The molecule has 2 unspecified atom stereocenters. The van der Waals surface area contributed by atoms with Gasteiger partial charge in [0, 0.05) is 18.7 Å². The molecule has 0 fully saturated rings. The minimum absolute atomic E-state index is 0.178. The predicted octanol–water partition coefficient (Wildman–Crippen LogP) is 4.71. The van der Waals surface area contributed by atoms with Gasteiger partial charge in [-0.05, 0) is 37.0 Å². The largest absolute Gasteiger partial charge is 0.380 e. The maximum Gasteiger partial charge on any atom is 0.123 e. The van der Waals surface area contributed by atoms with Gasteiger partial charge in [0.1, 0.15) is 5.82 Å². The van der Waals surface area contributed by atoms with Crippen LogP contribution in [0.2, 0.25) is 0 Å². The highest BCUT2D eigenvalue weighted by Gasteiger charge is 2.19. The van der Waals surface area contributed by atoms with E-state index in [1.807, 2.05) is 19.1 Å². The Labute approximate surface area is 129 Å². The average Bonchev–Trinajstić information content (AvgIpc) is 2.47. The molecular weight excluding hydrogens is 265 g/mol. The van der Waals surface area contributed by atoms with Crippen molar-refractivity contribution in [2.75, 3.05) is 13.2 Å². The molecule has 0 saturated heterocycles. The van der Waals surface area contributed by atoms with Crippen molar-refractivity contribution in [3.63, 3.8) is 0 Å². The smallest absolute Gasteiger partial charge is 0.123 e. The van der Waals surface area contributed by atoms with E-state index in [1.165, 1.54) is 0 Å². The van der Waals surface area contributed by atoms with E-state index >= 15 is 0 Å². The summed E-state index contributed by atoms with van der Waals surface area (Å²) < 4.78 is 18.7. The van der Waals surface area contributed by atoms with Crippen LogP contribution in [0.15, 0.2) is 24.3 Å². The minimum Gasteiger partial charge on any atom is -0.380 e. The third kappa shape index (κ3) is 6.58. The summed E-state index contributed by atoms with van der Waals surface area (Å²) in [5, 5.41) is 3.71. The zero-order valence-electron chi connectivity index (χ0n) is 13.9. The van der Waals surface area contributed by atoms with E-state index in [2.05, 4.69) is 26.1 Å². The lowest BCUT2D eigenvalue weighted by Crippen LogP contribution is -2.40. The fraction of sp³-hybridized carbons (Fsp3) is 0.667. The van der Waals surface area contributed by atoms with Gasteiger partial charge >= 0.3 is 0 Å². The van der Waals surface area contributed by atoms with Crippen molar-refractivity contribution in [3.8, 4) is 0 Å². The van der Waals surface area contributed by atoms with Crippen molar-refractivity contribution in [2.24, 2.45) is 5.92 Å². The third-order valence-corrected chi connectivity index (χ3v) is 3.84. The average molecular weight is 295 g/mol. The van der Waals surface area contributed by atoms with Gasteiger partial charge in [-0.25, -0.2) is 4.39 Å². The first-order chi connectivity index (χ1) is 10.1. The molecule has 0 aliphatic rings. The van der Waals surface area contributed by atoms with E-state index < -0.39 is 0 Å². The Morgan fingerprint density at radius 1 is 1.14 bits per heavy atom. The first kappa shape index (κ1) is 18.1.